The molecular formula is C12H10N2O2S. The number of aldehydes is 1. The number of benzene rings is 1. The van der Waals surface area contributed by atoms with Gasteiger partial charge in [0.1, 0.15) is 0 Å². The molecule has 0 spiro atoms. The van der Waals surface area contributed by atoms with Crippen molar-refractivity contribution in [3.05, 3.63) is 51.9 Å². The number of nitrogens with zero attached hydrogens (tertiary/aromatic N) is 1. The molecule has 1 aromatic carbocycles. The van der Waals surface area contributed by atoms with Gasteiger partial charge in [-0.3, -0.25) is 9.59 Å². The van der Waals surface area contributed by atoms with E-state index in [0.29, 0.717) is 10.7 Å². The minimum atomic E-state index is -0.206. The first kappa shape index (κ1) is 11.6. The van der Waals surface area contributed by atoms with Crippen molar-refractivity contribution in [3.8, 4) is 0 Å². The van der Waals surface area contributed by atoms with Crippen LogP contribution in [-0.4, -0.2) is 16.3 Å². The first-order chi connectivity index (χ1) is 8.19. The maximum absolute atomic E-state index is 11.1. The third-order valence-corrected chi connectivity index (χ3v) is 3.14. The van der Waals surface area contributed by atoms with E-state index in [4.69, 9.17) is 0 Å². The van der Waals surface area contributed by atoms with Gasteiger partial charge >= 0.3 is 0 Å². The quantitative estimate of drug-likeness (QED) is 0.665. The highest BCUT2D eigenvalue weighted by molar-refractivity contribution is 7.99. The molecule has 4 nitrogen and oxygen atoms in total. The summed E-state index contributed by atoms with van der Waals surface area (Å²) in [5.74, 6) is 0. The molecule has 0 unspecified atom stereocenters. The van der Waals surface area contributed by atoms with Crippen LogP contribution in [0.25, 0.3) is 0 Å². The number of aromatic nitrogens is 2. The lowest BCUT2D eigenvalue weighted by atomic mass is 10.2. The van der Waals surface area contributed by atoms with Gasteiger partial charge in [0.05, 0.1) is 0 Å². The fraction of sp³-hybridized carbons (Fsp3) is 0.0833. The zero-order chi connectivity index (χ0) is 12.3. The summed E-state index contributed by atoms with van der Waals surface area (Å²) in [6, 6.07) is 6.91. The van der Waals surface area contributed by atoms with Crippen molar-refractivity contribution in [1.29, 1.82) is 0 Å². The normalized spacial score (nSPS) is 10.2. The Morgan fingerprint density at radius 1 is 1.35 bits per heavy atom. The molecule has 17 heavy (non-hydrogen) atoms. The molecule has 86 valence electrons. The van der Waals surface area contributed by atoms with E-state index >= 15 is 0 Å². The highest BCUT2D eigenvalue weighted by Gasteiger charge is 2.05. The molecule has 0 amide bonds. The summed E-state index contributed by atoms with van der Waals surface area (Å²) in [4.78, 5) is 29.4. The molecule has 0 aliphatic rings. The Balaban J connectivity index is 2.36. The number of nitrogens with one attached hydrogen (secondary N) is 1. The second-order valence-corrected chi connectivity index (χ2v) is 4.53. The second-order valence-electron chi connectivity index (χ2n) is 3.50. The minimum absolute atomic E-state index is 0.206. The van der Waals surface area contributed by atoms with Crippen LogP contribution in [0.5, 0.6) is 0 Å². The SMILES string of the molecule is Cc1ccc(Sc2nccc(=O)[nH]2)c(C=O)c1. The third kappa shape index (κ3) is 2.82. The Hall–Kier alpha value is -1.88. The van der Waals surface area contributed by atoms with Gasteiger partial charge < -0.3 is 4.98 Å². The second kappa shape index (κ2) is 4.97. The van der Waals surface area contributed by atoms with Crippen molar-refractivity contribution in [3.63, 3.8) is 0 Å². The van der Waals surface area contributed by atoms with Crippen molar-refractivity contribution in [1.82, 2.24) is 9.97 Å². The maximum atomic E-state index is 11.1. The van der Waals surface area contributed by atoms with Crippen LogP contribution in [0.1, 0.15) is 15.9 Å². The molecule has 0 atom stereocenters. The smallest absolute Gasteiger partial charge is 0.251 e. The van der Waals surface area contributed by atoms with E-state index in [1.807, 2.05) is 19.1 Å². The molecule has 1 heterocycles. The van der Waals surface area contributed by atoms with Crippen LogP contribution in [0.3, 0.4) is 0 Å². The lowest BCUT2D eigenvalue weighted by Gasteiger charge is -2.04. The highest BCUT2D eigenvalue weighted by Crippen LogP contribution is 2.26. The molecule has 0 saturated carbocycles. The number of hydrogen-bond acceptors (Lipinski definition) is 4. The summed E-state index contributed by atoms with van der Waals surface area (Å²) < 4.78 is 0. The van der Waals surface area contributed by atoms with Crippen LogP contribution in [0.15, 0.2) is 45.3 Å². The monoisotopic (exact) mass is 246 g/mol. The van der Waals surface area contributed by atoms with Crippen molar-refractivity contribution in [2.45, 2.75) is 17.0 Å². The van der Waals surface area contributed by atoms with E-state index in [9.17, 15) is 9.59 Å². The topological polar surface area (TPSA) is 62.8 Å². The summed E-state index contributed by atoms with van der Waals surface area (Å²) in [6.07, 6.45) is 2.24. The van der Waals surface area contributed by atoms with E-state index in [1.54, 1.807) is 6.07 Å². The van der Waals surface area contributed by atoms with Crippen LogP contribution >= 0.6 is 11.8 Å². The number of aromatic amines is 1. The molecule has 1 N–H and O–H groups in total. The van der Waals surface area contributed by atoms with Gasteiger partial charge in [0.25, 0.3) is 5.56 Å². The number of carbonyl (C=O) groups excluding carboxylic acids is 1. The molecular weight excluding hydrogens is 236 g/mol. The molecule has 2 aromatic rings. The van der Waals surface area contributed by atoms with E-state index in [2.05, 4.69) is 9.97 Å². The average molecular weight is 246 g/mol. The number of carbonyl (C=O) groups is 1. The molecule has 0 aliphatic carbocycles. The molecule has 0 aliphatic heterocycles. The minimum Gasteiger partial charge on any atom is -0.301 e. The van der Waals surface area contributed by atoms with E-state index < -0.39 is 0 Å². The van der Waals surface area contributed by atoms with Crippen LogP contribution in [0, 0.1) is 6.92 Å². The van der Waals surface area contributed by atoms with Crippen molar-refractivity contribution < 1.29 is 4.79 Å². The number of rotatable bonds is 3. The molecule has 2 rings (SSSR count). The summed E-state index contributed by atoms with van der Waals surface area (Å²) in [6.45, 7) is 1.92. The van der Waals surface area contributed by atoms with Gasteiger partial charge in [-0.2, -0.15) is 0 Å². The number of hydrogen-bond donors (Lipinski definition) is 1. The van der Waals surface area contributed by atoms with Gasteiger partial charge in [0.15, 0.2) is 11.4 Å². The summed E-state index contributed by atoms with van der Waals surface area (Å²) >= 11 is 1.26. The Bertz CT molecular complexity index is 607. The fourth-order valence-electron chi connectivity index (χ4n) is 1.36. The van der Waals surface area contributed by atoms with Crippen LogP contribution in [0.2, 0.25) is 0 Å². The van der Waals surface area contributed by atoms with Gasteiger partial charge in [-0.1, -0.05) is 23.4 Å². The van der Waals surface area contributed by atoms with Crippen LogP contribution in [0.4, 0.5) is 0 Å². The first-order valence-electron chi connectivity index (χ1n) is 4.98. The van der Waals surface area contributed by atoms with Gasteiger partial charge in [0, 0.05) is 22.7 Å². The average Bonchev–Trinajstić information content (AvgIpc) is 2.31. The summed E-state index contributed by atoms with van der Waals surface area (Å²) in [5.41, 5.74) is 1.41. The molecule has 5 heteroatoms. The zero-order valence-electron chi connectivity index (χ0n) is 9.14. The van der Waals surface area contributed by atoms with E-state index in [0.717, 1.165) is 16.7 Å². The molecule has 0 radical (unpaired) electrons. The Kier molecular flexibility index (Phi) is 3.39. The van der Waals surface area contributed by atoms with Crippen molar-refractivity contribution >= 4 is 18.0 Å². The predicted octanol–water partition coefficient (Wildman–Crippen LogP) is 2.04. The lowest BCUT2D eigenvalue weighted by molar-refractivity contribution is 0.112. The fourth-order valence-corrected chi connectivity index (χ4v) is 2.20. The Morgan fingerprint density at radius 2 is 2.18 bits per heavy atom. The molecule has 0 saturated heterocycles. The van der Waals surface area contributed by atoms with E-state index in [-0.39, 0.29) is 5.56 Å². The standard InChI is InChI=1S/C12H10N2O2S/c1-8-2-3-10(9(6-8)7-15)17-12-13-5-4-11(16)14-12/h2-7H,1H3,(H,13,14,16). The predicted molar refractivity (Wildman–Crippen MR) is 65.5 cm³/mol. The van der Waals surface area contributed by atoms with Crippen LogP contribution < -0.4 is 5.56 Å². The van der Waals surface area contributed by atoms with E-state index in [1.165, 1.54) is 24.0 Å². The molecule has 1 aromatic heterocycles. The first-order valence-corrected chi connectivity index (χ1v) is 5.80. The molecule has 0 bridgehead atoms. The van der Waals surface area contributed by atoms with Crippen LogP contribution in [-0.2, 0) is 0 Å². The largest absolute Gasteiger partial charge is 0.301 e. The zero-order valence-corrected chi connectivity index (χ0v) is 9.95. The third-order valence-electron chi connectivity index (χ3n) is 2.15. The molecule has 0 fully saturated rings. The van der Waals surface area contributed by atoms with Gasteiger partial charge in [-0.25, -0.2) is 4.98 Å². The van der Waals surface area contributed by atoms with Gasteiger partial charge in [-0.15, -0.1) is 0 Å². The maximum Gasteiger partial charge on any atom is 0.251 e. The lowest BCUT2D eigenvalue weighted by Crippen LogP contribution is -2.05. The summed E-state index contributed by atoms with van der Waals surface area (Å²) in [7, 11) is 0. The Morgan fingerprint density at radius 3 is 2.88 bits per heavy atom. The Labute approximate surface area is 102 Å². The van der Waals surface area contributed by atoms with Gasteiger partial charge in [0.2, 0.25) is 0 Å². The van der Waals surface area contributed by atoms with Gasteiger partial charge in [-0.05, 0) is 19.1 Å². The van der Waals surface area contributed by atoms with Crippen molar-refractivity contribution in [2.24, 2.45) is 0 Å². The summed E-state index contributed by atoms with van der Waals surface area (Å²) in [5, 5.41) is 0.476. The number of H-pyrrole nitrogens is 1. The highest BCUT2D eigenvalue weighted by atomic mass is 32.2. The number of aryl methyl sites for hydroxylation is 1. The van der Waals surface area contributed by atoms with Crippen molar-refractivity contribution in [2.75, 3.05) is 0 Å².